The molecule has 0 aliphatic heterocycles. The minimum absolute atomic E-state index is 0.0224. The van der Waals surface area contributed by atoms with Crippen LogP contribution in [0.4, 0.5) is 0 Å². The van der Waals surface area contributed by atoms with Crippen LogP contribution in [0, 0.1) is 11.3 Å². The Hall–Kier alpha value is -2.14. The van der Waals surface area contributed by atoms with Crippen molar-refractivity contribution in [2.24, 2.45) is 0 Å². The molecule has 0 saturated heterocycles. The summed E-state index contributed by atoms with van der Waals surface area (Å²) in [5, 5.41) is 8.58. The van der Waals surface area contributed by atoms with E-state index in [-0.39, 0.29) is 16.5 Å². The number of benzene rings is 1. The average Bonchev–Trinajstić information content (AvgIpc) is 2.48. The van der Waals surface area contributed by atoms with Crippen LogP contribution in [0.3, 0.4) is 0 Å². The maximum atomic E-state index is 12.1. The molecule has 0 bridgehead atoms. The number of nitrogens with zero attached hydrogens (tertiary/aromatic N) is 1. The van der Waals surface area contributed by atoms with E-state index < -0.39 is 15.6 Å². The second-order valence-electron chi connectivity index (χ2n) is 4.15. The Labute approximate surface area is 126 Å². The number of hydrogen-bond donors (Lipinski definition) is 2. The zero-order valence-corrected chi connectivity index (χ0v) is 12.2. The van der Waals surface area contributed by atoms with Gasteiger partial charge < -0.3 is 4.98 Å². The molecule has 8 heteroatoms. The Bertz CT molecular complexity index is 869. The minimum atomic E-state index is -3.80. The molecule has 0 aliphatic carbocycles. The van der Waals surface area contributed by atoms with Gasteiger partial charge in [0.2, 0.25) is 10.0 Å². The molecule has 0 saturated carbocycles. The number of pyridine rings is 1. The van der Waals surface area contributed by atoms with Gasteiger partial charge in [0.25, 0.3) is 5.56 Å². The molecule has 2 aromatic rings. The van der Waals surface area contributed by atoms with Crippen molar-refractivity contribution in [3.05, 3.63) is 63.0 Å². The first-order valence-electron chi connectivity index (χ1n) is 5.79. The van der Waals surface area contributed by atoms with E-state index in [0.29, 0.717) is 11.1 Å². The van der Waals surface area contributed by atoms with E-state index in [4.69, 9.17) is 16.9 Å². The van der Waals surface area contributed by atoms with Crippen LogP contribution in [0.5, 0.6) is 0 Å². The molecule has 6 nitrogen and oxygen atoms in total. The smallest absolute Gasteiger partial charge is 0.266 e. The predicted molar refractivity (Wildman–Crippen MR) is 77.3 cm³/mol. The number of hydrogen-bond acceptors (Lipinski definition) is 4. The first-order chi connectivity index (χ1) is 9.92. The molecule has 0 amide bonds. The summed E-state index contributed by atoms with van der Waals surface area (Å²) in [6, 6.07) is 9.63. The summed E-state index contributed by atoms with van der Waals surface area (Å²) in [5.74, 6) is 0. The lowest BCUT2D eigenvalue weighted by Crippen LogP contribution is -2.24. The number of H-pyrrole nitrogens is 1. The average molecular weight is 324 g/mol. The van der Waals surface area contributed by atoms with Crippen LogP contribution in [0.15, 0.2) is 46.2 Å². The number of sulfonamides is 1. The Balaban J connectivity index is 2.19. The molecule has 2 rings (SSSR count). The summed E-state index contributed by atoms with van der Waals surface area (Å²) in [6.07, 6.45) is 1.07. The Morgan fingerprint density at radius 3 is 2.76 bits per heavy atom. The second-order valence-corrected chi connectivity index (χ2v) is 6.32. The quantitative estimate of drug-likeness (QED) is 0.887. The van der Waals surface area contributed by atoms with E-state index in [1.807, 2.05) is 6.07 Å². The van der Waals surface area contributed by atoms with E-state index in [0.717, 1.165) is 12.3 Å². The van der Waals surface area contributed by atoms with Crippen molar-refractivity contribution in [1.29, 1.82) is 5.26 Å². The molecule has 0 unspecified atom stereocenters. The largest absolute Gasteiger partial charge is 0.326 e. The van der Waals surface area contributed by atoms with Crippen molar-refractivity contribution in [3.8, 4) is 6.07 Å². The summed E-state index contributed by atoms with van der Waals surface area (Å²) in [4.78, 5) is 13.2. The fourth-order valence-electron chi connectivity index (χ4n) is 1.61. The van der Waals surface area contributed by atoms with Gasteiger partial charge in [0.1, 0.15) is 5.02 Å². The van der Waals surface area contributed by atoms with E-state index in [1.165, 1.54) is 0 Å². The van der Waals surface area contributed by atoms with Gasteiger partial charge in [-0.1, -0.05) is 23.7 Å². The highest BCUT2D eigenvalue weighted by Gasteiger charge is 2.15. The normalized spacial score (nSPS) is 11.0. The van der Waals surface area contributed by atoms with Gasteiger partial charge in [0.05, 0.1) is 16.5 Å². The van der Waals surface area contributed by atoms with E-state index in [9.17, 15) is 13.2 Å². The zero-order valence-electron chi connectivity index (χ0n) is 10.6. The molecule has 0 radical (unpaired) electrons. The zero-order chi connectivity index (χ0) is 15.5. The maximum Gasteiger partial charge on any atom is 0.266 e. The molecule has 0 atom stereocenters. The van der Waals surface area contributed by atoms with Gasteiger partial charge in [-0.15, -0.1) is 0 Å². The van der Waals surface area contributed by atoms with Crippen LogP contribution in [0.2, 0.25) is 5.02 Å². The number of nitriles is 1. The molecule has 0 aliphatic rings. The fourth-order valence-corrected chi connectivity index (χ4v) is 2.85. The third-order valence-electron chi connectivity index (χ3n) is 2.66. The molecule has 2 N–H and O–H groups in total. The molecular formula is C13H10ClN3O3S. The molecule has 1 heterocycles. The standard InChI is InChI=1S/C13H10ClN3O3S/c14-12-5-11(8-16-13(12)18)21(19,20)17-7-10-3-1-2-9(4-10)6-15/h1-5,8,17H,7H2,(H,16,18). The highest BCUT2D eigenvalue weighted by Crippen LogP contribution is 2.11. The van der Waals surface area contributed by atoms with E-state index in [2.05, 4.69) is 9.71 Å². The number of rotatable bonds is 4. The summed E-state index contributed by atoms with van der Waals surface area (Å²) in [5.41, 5.74) is 0.532. The van der Waals surface area contributed by atoms with Crippen LogP contribution in [0.25, 0.3) is 0 Å². The SMILES string of the molecule is N#Cc1cccc(CNS(=O)(=O)c2c[nH]c(=O)c(Cl)c2)c1. The fraction of sp³-hybridized carbons (Fsp3) is 0.0769. The molecule has 21 heavy (non-hydrogen) atoms. The number of aromatic amines is 1. The van der Waals surface area contributed by atoms with Gasteiger partial charge in [-0.25, -0.2) is 13.1 Å². The van der Waals surface area contributed by atoms with Gasteiger partial charge in [-0.05, 0) is 23.8 Å². The van der Waals surface area contributed by atoms with Gasteiger partial charge >= 0.3 is 0 Å². The molecule has 1 aromatic heterocycles. The van der Waals surface area contributed by atoms with E-state index >= 15 is 0 Å². The summed E-state index contributed by atoms with van der Waals surface area (Å²) in [7, 11) is -3.80. The molecule has 0 fully saturated rings. The highest BCUT2D eigenvalue weighted by atomic mass is 35.5. The topological polar surface area (TPSA) is 103 Å². The van der Waals surface area contributed by atoms with Crippen molar-refractivity contribution in [3.63, 3.8) is 0 Å². The van der Waals surface area contributed by atoms with Gasteiger partial charge in [0.15, 0.2) is 0 Å². The van der Waals surface area contributed by atoms with Gasteiger partial charge in [-0.3, -0.25) is 4.79 Å². The number of nitrogens with one attached hydrogen (secondary N) is 2. The molecule has 108 valence electrons. The summed E-state index contributed by atoms with van der Waals surface area (Å²) in [6.45, 7) is 0.0224. The van der Waals surface area contributed by atoms with Crippen molar-refractivity contribution >= 4 is 21.6 Å². The second kappa shape index (κ2) is 6.10. The van der Waals surface area contributed by atoms with Crippen molar-refractivity contribution in [1.82, 2.24) is 9.71 Å². The van der Waals surface area contributed by atoms with Crippen LogP contribution in [0.1, 0.15) is 11.1 Å². The van der Waals surface area contributed by atoms with Crippen molar-refractivity contribution in [2.75, 3.05) is 0 Å². The Kier molecular flexibility index (Phi) is 4.43. The van der Waals surface area contributed by atoms with Crippen LogP contribution >= 0.6 is 11.6 Å². The number of halogens is 1. The van der Waals surface area contributed by atoms with Crippen LogP contribution < -0.4 is 10.3 Å². The third kappa shape index (κ3) is 3.70. The van der Waals surface area contributed by atoms with Crippen LogP contribution in [-0.2, 0) is 16.6 Å². The number of aromatic nitrogens is 1. The third-order valence-corrected chi connectivity index (χ3v) is 4.33. The molecule has 1 aromatic carbocycles. The van der Waals surface area contributed by atoms with Crippen LogP contribution in [-0.4, -0.2) is 13.4 Å². The molecular weight excluding hydrogens is 314 g/mol. The van der Waals surface area contributed by atoms with Crippen molar-refractivity contribution in [2.45, 2.75) is 11.4 Å². The highest BCUT2D eigenvalue weighted by molar-refractivity contribution is 7.89. The lowest BCUT2D eigenvalue weighted by atomic mass is 10.1. The lowest BCUT2D eigenvalue weighted by Gasteiger charge is -2.07. The van der Waals surface area contributed by atoms with E-state index in [1.54, 1.807) is 24.3 Å². The molecule has 0 spiro atoms. The minimum Gasteiger partial charge on any atom is -0.326 e. The Morgan fingerprint density at radius 1 is 1.33 bits per heavy atom. The first-order valence-corrected chi connectivity index (χ1v) is 7.65. The van der Waals surface area contributed by atoms with Crippen molar-refractivity contribution < 1.29 is 8.42 Å². The van der Waals surface area contributed by atoms with Gasteiger partial charge in [-0.2, -0.15) is 5.26 Å². The summed E-state index contributed by atoms with van der Waals surface area (Å²) < 4.78 is 26.5. The lowest BCUT2D eigenvalue weighted by molar-refractivity contribution is 0.581. The monoisotopic (exact) mass is 323 g/mol. The first kappa shape index (κ1) is 15.3. The summed E-state index contributed by atoms with van der Waals surface area (Å²) >= 11 is 5.60. The maximum absolute atomic E-state index is 12.1. The Morgan fingerprint density at radius 2 is 2.10 bits per heavy atom. The predicted octanol–water partition coefficient (Wildman–Crippen LogP) is 1.38. The van der Waals surface area contributed by atoms with Gasteiger partial charge in [0, 0.05) is 12.7 Å².